The van der Waals surface area contributed by atoms with Gasteiger partial charge in [0, 0.05) is 48.9 Å². The maximum atomic E-state index is 15.3. The van der Waals surface area contributed by atoms with Crippen LogP contribution in [0.25, 0.3) is 10.9 Å². The standard InChI is InChI=1S/C32H30F5N7O3/c1-3-29(45)43-10-7-19(8-11-43)41-26-14-22-25(15-27(26)46-2)39-18-40-30(22)42-24-5-4-20(12-23(24)33)47-21-6-9-38-28(13-21)44-16-31(34,35)32(36,37)17-44/h3-6,9,12-15,18-19,41H,1,7-8,10-11,16-17H2,2H3,(H,39,40,42). The molecule has 0 saturated carbocycles. The van der Waals surface area contributed by atoms with E-state index in [2.05, 4.69) is 32.2 Å². The first-order valence-corrected chi connectivity index (χ1v) is 14.7. The van der Waals surface area contributed by atoms with Crippen LogP contribution in [0.5, 0.6) is 17.2 Å². The quantitative estimate of drug-likeness (QED) is 0.157. The first-order chi connectivity index (χ1) is 22.5. The zero-order chi connectivity index (χ0) is 33.3. The van der Waals surface area contributed by atoms with Crippen molar-refractivity contribution in [3.8, 4) is 17.2 Å². The van der Waals surface area contributed by atoms with Gasteiger partial charge in [0.15, 0.2) is 0 Å². The molecule has 0 radical (unpaired) electrons. The fraction of sp³-hybridized carbons (Fsp3) is 0.312. The van der Waals surface area contributed by atoms with Gasteiger partial charge in [-0.05, 0) is 43.2 Å². The lowest BCUT2D eigenvalue weighted by atomic mass is 10.0. The largest absolute Gasteiger partial charge is 0.495 e. The second-order valence-electron chi connectivity index (χ2n) is 11.2. The topological polar surface area (TPSA) is 105 Å². The zero-order valence-electron chi connectivity index (χ0n) is 25.2. The van der Waals surface area contributed by atoms with Crippen molar-refractivity contribution < 1.29 is 36.2 Å². The third-order valence-corrected chi connectivity index (χ3v) is 8.08. The lowest BCUT2D eigenvalue weighted by Gasteiger charge is -2.32. The van der Waals surface area contributed by atoms with Crippen molar-refractivity contribution in [3.63, 3.8) is 0 Å². The monoisotopic (exact) mass is 655 g/mol. The number of benzene rings is 2. The van der Waals surface area contributed by atoms with Crippen LogP contribution in [0.2, 0.25) is 0 Å². The number of fused-ring (bicyclic) bond motifs is 1. The van der Waals surface area contributed by atoms with E-state index in [-0.39, 0.29) is 35.0 Å². The minimum atomic E-state index is -4.19. The fourth-order valence-electron chi connectivity index (χ4n) is 5.55. The number of methoxy groups -OCH3 is 1. The fourth-order valence-corrected chi connectivity index (χ4v) is 5.55. The molecule has 2 saturated heterocycles. The predicted octanol–water partition coefficient (Wildman–Crippen LogP) is 6.39. The van der Waals surface area contributed by atoms with E-state index < -0.39 is 30.8 Å². The number of nitrogens with zero attached hydrogens (tertiary/aromatic N) is 5. The van der Waals surface area contributed by atoms with Crippen LogP contribution in [0.1, 0.15) is 12.8 Å². The number of ether oxygens (including phenoxy) is 2. The molecular formula is C32H30F5N7O3. The Morgan fingerprint density at radius 3 is 2.38 bits per heavy atom. The average Bonchev–Trinajstić information content (AvgIpc) is 3.28. The molecule has 1 amide bonds. The molecule has 6 rings (SSSR count). The van der Waals surface area contributed by atoms with Crippen molar-refractivity contribution in [1.29, 1.82) is 0 Å². The van der Waals surface area contributed by atoms with E-state index in [0.29, 0.717) is 41.2 Å². The highest BCUT2D eigenvalue weighted by molar-refractivity contribution is 5.95. The van der Waals surface area contributed by atoms with Crippen LogP contribution in [0.4, 0.5) is 45.0 Å². The van der Waals surface area contributed by atoms with Crippen molar-refractivity contribution >= 4 is 39.8 Å². The molecular weight excluding hydrogens is 625 g/mol. The predicted molar refractivity (Wildman–Crippen MR) is 166 cm³/mol. The minimum Gasteiger partial charge on any atom is -0.495 e. The highest BCUT2D eigenvalue weighted by Crippen LogP contribution is 2.43. The van der Waals surface area contributed by atoms with E-state index >= 15 is 4.39 Å². The summed E-state index contributed by atoms with van der Waals surface area (Å²) in [6.45, 7) is 2.35. The number of anilines is 4. The Morgan fingerprint density at radius 1 is 0.979 bits per heavy atom. The number of aromatic nitrogens is 3. The average molecular weight is 656 g/mol. The molecule has 0 unspecified atom stereocenters. The number of alkyl halides is 4. The van der Waals surface area contributed by atoms with Crippen LogP contribution in [-0.4, -0.2) is 76.9 Å². The first kappa shape index (κ1) is 31.8. The van der Waals surface area contributed by atoms with Gasteiger partial charge in [-0.15, -0.1) is 0 Å². The van der Waals surface area contributed by atoms with Crippen LogP contribution in [0, 0.1) is 5.82 Å². The number of halogens is 5. The normalized spacial score (nSPS) is 17.4. The van der Waals surface area contributed by atoms with Gasteiger partial charge >= 0.3 is 11.8 Å². The van der Waals surface area contributed by atoms with Gasteiger partial charge in [0.25, 0.3) is 0 Å². The van der Waals surface area contributed by atoms with Crippen molar-refractivity contribution in [3.05, 3.63) is 73.5 Å². The number of piperidine rings is 1. The van der Waals surface area contributed by atoms with E-state index in [4.69, 9.17) is 9.47 Å². The van der Waals surface area contributed by atoms with Crippen molar-refractivity contribution in [2.75, 3.05) is 48.8 Å². The molecule has 0 spiro atoms. The third kappa shape index (κ3) is 6.55. The molecule has 2 aromatic heterocycles. The molecule has 2 aromatic carbocycles. The van der Waals surface area contributed by atoms with Gasteiger partial charge < -0.3 is 29.9 Å². The molecule has 15 heteroatoms. The molecule has 2 aliphatic heterocycles. The Balaban J connectivity index is 1.18. The van der Waals surface area contributed by atoms with E-state index in [9.17, 15) is 22.4 Å². The summed E-state index contributed by atoms with van der Waals surface area (Å²) in [5.74, 6) is -8.22. The maximum Gasteiger partial charge on any atom is 0.329 e. The van der Waals surface area contributed by atoms with Gasteiger partial charge in [-0.3, -0.25) is 4.79 Å². The molecule has 10 nitrogen and oxygen atoms in total. The van der Waals surface area contributed by atoms with Crippen LogP contribution in [0.15, 0.2) is 67.6 Å². The maximum absolute atomic E-state index is 15.3. The number of carbonyl (C=O) groups excluding carboxylic acids is 1. The van der Waals surface area contributed by atoms with Gasteiger partial charge in [-0.25, -0.2) is 19.3 Å². The molecule has 0 aliphatic carbocycles. The lowest BCUT2D eigenvalue weighted by molar-refractivity contribution is -0.172. The van der Waals surface area contributed by atoms with E-state index in [1.165, 1.54) is 42.9 Å². The molecule has 2 aliphatic rings. The summed E-state index contributed by atoms with van der Waals surface area (Å²) < 4.78 is 81.4. The lowest BCUT2D eigenvalue weighted by Crippen LogP contribution is -2.41. The molecule has 0 bridgehead atoms. The summed E-state index contributed by atoms with van der Waals surface area (Å²) in [6, 6.07) is 10.3. The number of amides is 1. The highest BCUT2D eigenvalue weighted by atomic mass is 19.3. The number of nitrogens with one attached hydrogen (secondary N) is 2. The molecule has 47 heavy (non-hydrogen) atoms. The van der Waals surface area contributed by atoms with Gasteiger partial charge in [0.05, 0.1) is 37.1 Å². The summed E-state index contributed by atoms with van der Waals surface area (Å²) in [5, 5.41) is 7.08. The summed E-state index contributed by atoms with van der Waals surface area (Å²) in [7, 11) is 1.55. The summed E-state index contributed by atoms with van der Waals surface area (Å²) in [6.07, 6.45) is 5.33. The molecule has 2 fully saturated rings. The van der Waals surface area contributed by atoms with Crippen LogP contribution in [-0.2, 0) is 4.79 Å². The summed E-state index contributed by atoms with van der Waals surface area (Å²) in [4.78, 5) is 27.0. The number of pyridine rings is 1. The van der Waals surface area contributed by atoms with E-state index in [1.54, 1.807) is 18.1 Å². The second kappa shape index (κ2) is 12.5. The number of likely N-dealkylation sites (tertiary alicyclic amines) is 1. The Kier molecular flexibility index (Phi) is 8.47. The van der Waals surface area contributed by atoms with Crippen LogP contribution in [0.3, 0.4) is 0 Å². The molecule has 246 valence electrons. The van der Waals surface area contributed by atoms with Crippen molar-refractivity contribution in [2.24, 2.45) is 0 Å². The Morgan fingerprint density at radius 2 is 1.70 bits per heavy atom. The Labute approximate surface area is 266 Å². The number of carbonyl (C=O) groups is 1. The SMILES string of the molecule is C=CC(=O)N1CCC(Nc2cc3c(Nc4ccc(Oc5ccnc(N6CC(F)(F)C(F)(F)C6)c5)cc4F)ncnc3cc2OC)CC1. The van der Waals surface area contributed by atoms with Crippen LogP contribution >= 0.6 is 0 Å². The number of hydrogen-bond donors (Lipinski definition) is 2. The van der Waals surface area contributed by atoms with Crippen molar-refractivity contribution in [2.45, 2.75) is 30.7 Å². The third-order valence-electron chi connectivity index (χ3n) is 8.08. The molecule has 0 atom stereocenters. The molecule has 4 heterocycles. The first-order valence-electron chi connectivity index (χ1n) is 14.7. The smallest absolute Gasteiger partial charge is 0.329 e. The van der Waals surface area contributed by atoms with E-state index in [0.717, 1.165) is 23.8 Å². The van der Waals surface area contributed by atoms with Gasteiger partial charge in [0.1, 0.15) is 41.0 Å². The van der Waals surface area contributed by atoms with Gasteiger partial charge in [0.2, 0.25) is 5.91 Å². The summed E-state index contributed by atoms with van der Waals surface area (Å²) >= 11 is 0. The Bertz CT molecular complexity index is 1800. The molecule has 2 N–H and O–H groups in total. The van der Waals surface area contributed by atoms with Crippen LogP contribution < -0.4 is 25.0 Å². The highest BCUT2D eigenvalue weighted by Gasteiger charge is 2.63. The summed E-state index contributed by atoms with van der Waals surface area (Å²) in [5.41, 5.74) is 1.33. The van der Waals surface area contributed by atoms with Crippen molar-refractivity contribution in [1.82, 2.24) is 19.9 Å². The zero-order valence-corrected chi connectivity index (χ0v) is 25.2. The van der Waals surface area contributed by atoms with Gasteiger partial charge in [-0.1, -0.05) is 6.58 Å². The van der Waals surface area contributed by atoms with E-state index in [1.807, 2.05) is 6.07 Å². The minimum absolute atomic E-state index is 0.0758. The number of rotatable bonds is 9. The van der Waals surface area contributed by atoms with Gasteiger partial charge in [-0.2, -0.15) is 17.6 Å². The number of hydrogen-bond acceptors (Lipinski definition) is 9. The Hall–Kier alpha value is -5.21. The second-order valence-corrected chi connectivity index (χ2v) is 11.2. The molecule has 4 aromatic rings.